The van der Waals surface area contributed by atoms with Gasteiger partial charge in [-0.25, -0.2) is 12.8 Å². The van der Waals surface area contributed by atoms with Crippen molar-refractivity contribution in [2.75, 3.05) is 44.2 Å². The highest BCUT2D eigenvalue weighted by molar-refractivity contribution is 7.89. The number of hydrogen-bond donors (Lipinski definition) is 0. The Labute approximate surface area is 176 Å². The van der Waals surface area contributed by atoms with Crippen molar-refractivity contribution in [3.05, 3.63) is 60.4 Å². The smallest absolute Gasteiger partial charge is 0.243 e. The summed E-state index contributed by atoms with van der Waals surface area (Å²) in [4.78, 5) is 17.3. The molecule has 8 heteroatoms. The molecule has 4 rings (SSSR count). The Bertz CT molecular complexity index is 974. The molecule has 0 bridgehead atoms. The number of carbonyl (C=O) groups excluding carboxylic acids is 1. The minimum absolute atomic E-state index is 0.0294. The van der Waals surface area contributed by atoms with E-state index in [2.05, 4.69) is 4.90 Å². The number of piperidine rings is 1. The van der Waals surface area contributed by atoms with Crippen LogP contribution < -0.4 is 4.90 Å². The third-order valence-electron chi connectivity index (χ3n) is 5.90. The summed E-state index contributed by atoms with van der Waals surface area (Å²) in [6.45, 7) is 3.19. The number of amides is 1. The molecular weight excluding hydrogens is 405 g/mol. The van der Waals surface area contributed by atoms with Crippen molar-refractivity contribution in [2.45, 2.75) is 17.7 Å². The van der Waals surface area contributed by atoms with Gasteiger partial charge in [0, 0.05) is 45.0 Å². The molecule has 0 radical (unpaired) electrons. The number of carbonyl (C=O) groups is 1. The molecular formula is C22H26FN3O3S. The average molecular weight is 432 g/mol. The lowest BCUT2D eigenvalue weighted by Crippen LogP contribution is -2.53. The molecule has 2 fully saturated rings. The van der Waals surface area contributed by atoms with Crippen molar-refractivity contribution in [3.63, 3.8) is 0 Å². The maximum Gasteiger partial charge on any atom is 0.243 e. The molecule has 0 aromatic heterocycles. The molecule has 0 spiro atoms. The van der Waals surface area contributed by atoms with E-state index in [1.54, 1.807) is 42.5 Å². The predicted octanol–water partition coefficient (Wildman–Crippen LogP) is 2.58. The summed E-state index contributed by atoms with van der Waals surface area (Å²) in [6, 6.07) is 14.8. The second-order valence-electron chi connectivity index (χ2n) is 7.80. The van der Waals surface area contributed by atoms with Gasteiger partial charge in [-0.3, -0.25) is 4.79 Å². The third kappa shape index (κ3) is 4.34. The van der Waals surface area contributed by atoms with Gasteiger partial charge in [-0.1, -0.05) is 18.2 Å². The Hall–Kier alpha value is -2.45. The Morgan fingerprint density at radius 1 is 0.900 bits per heavy atom. The van der Waals surface area contributed by atoms with Crippen LogP contribution in [0, 0.1) is 11.7 Å². The van der Waals surface area contributed by atoms with Crippen molar-refractivity contribution in [1.82, 2.24) is 9.21 Å². The Kier molecular flexibility index (Phi) is 6.06. The summed E-state index contributed by atoms with van der Waals surface area (Å²) >= 11 is 0. The quantitative estimate of drug-likeness (QED) is 0.747. The van der Waals surface area contributed by atoms with E-state index < -0.39 is 10.0 Å². The first kappa shape index (κ1) is 20.8. The van der Waals surface area contributed by atoms with Gasteiger partial charge in [-0.05, 0) is 49.2 Å². The van der Waals surface area contributed by atoms with Crippen LogP contribution in [0.2, 0.25) is 0 Å². The third-order valence-corrected chi connectivity index (χ3v) is 7.78. The first-order valence-corrected chi connectivity index (χ1v) is 11.7. The van der Waals surface area contributed by atoms with Crippen molar-refractivity contribution in [1.29, 1.82) is 0 Å². The monoisotopic (exact) mass is 431 g/mol. The summed E-state index contributed by atoms with van der Waals surface area (Å²) in [5, 5.41) is 0. The molecule has 0 aliphatic carbocycles. The molecule has 1 amide bonds. The number of rotatable bonds is 4. The zero-order chi connectivity index (χ0) is 21.1. The van der Waals surface area contributed by atoms with Crippen molar-refractivity contribution >= 4 is 21.6 Å². The predicted molar refractivity (Wildman–Crippen MR) is 113 cm³/mol. The molecule has 2 heterocycles. The fourth-order valence-corrected chi connectivity index (χ4v) is 5.74. The van der Waals surface area contributed by atoms with Crippen LogP contribution in [0.25, 0.3) is 0 Å². The van der Waals surface area contributed by atoms with Gasteiger partial charge in [-0.2, -0.15) is 4.31 Å². The van der Waals surface area contributed by atoms with Crippen LogP contribution >= 0.6 is 0 Å². The van der Waals surface area contributed by atoms with Crippen LogP contribution in [0.3, 0.4) is 0 Å². The van der Waals surface area contributed by atoms with E-state index in [0.717, 1.165) is 5.69 Å². The minimum Gasteiger partial charge on any atom is -0.368 e. The summed E-state index contributed by atoms with van der Waals surface area (Å²) in [5.41, 5.74) is 0.946. The first-order chi connectivity index (χ1) is 14.4. The minimum atomic E-state index is -3.58. The first-order valence-electron chi connectivity index (χ1n) is 10.3. The summed E-state index contributed by atoms with van der Waals surface area (Å²) < 4.78 is 40.4. The Morgan fingerprint density at radius 2 is 1.57 bits per heavy atom. The number of hydrogen-bond acceptors (Lipinski definition) is 4. The van der Waals surface area contributed by atoms with E-state index in [0.29, 0.717) is 45.6 Å². The van der Waals surface area contributed by atoms with E-state index in [-0.39, 0.29) is 29.1 Å². The number of anilines is 1. The van der Waals surface area contributed by atoms with E-state index >= 15 is 0 Å². The Morgan fingerprint density at radius 3 is 2.23 bits per heavy atom. The highest BCUT2D eigenvalue weighted by Crippen LogP contribution is 2.26. The summed E-state index contributed by atoms with van der Waals surface area (Å²) in [6.07, 6.45) is 1.38. The molecule has 0 N–H and O–H groups in total. The summed E-state index contributed by atoms with van der Waals surface area (Å²) in [7, 11) is -3.58. The van der Waals surface area contributed by atoms with Gasteiger partial charge in [0.1, 0.15) is 5.82 Å². The number of halogens is 1. The van der Waals surface area contributed by atoms with Crippen LogP contribution in [-0.2, 0) is 14.8 Å². The lowest BCUT2D eigenvalue weighted by molar-refractivity contribution is -0.137. The van der Waals surface area contributed by atoms with Crippen LogP contribution in [0.1, 0.15) is 12.8 Å². The maximum atomic E-state index is 13.1. The molecule has 30 heavy (non-hydrogen) atoms. The van der Waals surface area contributed by atoms with Crippen molar-refractivity contribution in [3.8, 4) is 0 Å². The second kappa shape index (κ2) is 8.73. The van der Waals surface area contributed by atoms with Crippen molar-refractivity contribution < 1.29 is 17.6 Å². The molecule has 6 nitrogen and oxygen atoms in total. The van der Waals surface area contributed by atoms with Crippen LogP contribution in [0.15, 0.2) is 59.5 Å². The normalized spacial score (nSPS) is 20.9. The molecule has 2 aliphatic rings. The molecule has 160 valence electrons. The average Bonchev–Trinajstić information content (AvgIpc) is 2.80. The molecule has 2 aliphatic heterocycles. The number of nitrogens with zero attached hydrogens (tertiary/aromatic N) is 3. The summed E-state index contributed by atoms with van der Waals surface area (Å²) in [5.74, 6) is -0.545. The second-order valence-corrected chi connectivity index (χ2v) is 9.74. The Balaban J connectivity index is 1.37. The lowest BCUT2D eigenvalue weighted by atomic mass is 9.97. The fraction of sp³-hybridized carbons (Fsp3) is 0.409. The van der Waals surface area contributed by atoms with Gasteiger partial charge in [0.2, 0.25) is 15.9 Å². The SMILES string of the molecule is O=C([C@H]1CCCN(S(=O)(=O)c2ccccc2)C1)N1CCN(c2ccc(F)cc2)CC1. The molecule has 0 saturated carbocycles. The van der Waals surface area contributed by atoms with E-state index in [1.807, 2.05) is 4.90 Å². The highest BCUT2D eigenvalue weighted by Gasteiger charge is 2.35. The van der Waals surface area contributed by atoms with Gasteiger partial charge in [0.05, 0.1) is 10.8 Å². The molecule has 2 saturated heterocycles. The van der Waals surface area contributed by atoms with Gasteiger partial charge >= 0.3 is 0 Å². The van der Waals surface area contributed by atoms with E-state index in [1.165, 1.54) is 16.4 Å². The lowest BCUT2D eigenvalue weighted by Gasteiger charge is -2.39. The van der Waals surface area contributed by atoms with E-state index in [9.17, 15) is 17.6 Å². The highest BCUT2D eigenvalue weighted by atomic mass is 32.2. The number of piperazine rings is 1. The van der Waals surface area contributed by atoms with Crippen molar-refractivity contribution in [2.24, 2.45) is 5.92 Å². The molecule has 1 atom stereocenters. The standard InChI is InChI=1S/C22H26FN3O3S/c23-19-8-10-20(11-9-19)24-13-15-25(16-14-24)22(27)18-5-4-12-26(17-18)30(28,29)21-6-2-1-3-7-21/h1-3,6-11,18H,4-5,12-17H2/t18-/m0/s1. The van der Waals surface area contributed by atoms with Crippen LogP contribution in [0.5, 0.6) is 0 Å². The van der Waals surface area contributed by atoms with Gasteiger partial charge < -0.3 is 9.80 Å². The number of benzene rings is 2. The van der Waals surface area contributed by atoms with Gasteiger partial charge in [0.25, 0.3) is 0 Å². The van der Waals surface area contributed by atoms with E-state index in [4.69, 9.17) is 0 Å². The van der Waals surface area contributed by atoms with Crippen LogP contribution in [0.4, 0.5) is 10.1 Å². The van der Waals surface area contributed by atoms with Gasteiger partial charge in [0.15, 0.2) is 0 Å². The number of sulfonamides is 1. The molecule has 0 unspecified atom stereocenters. The van der Waals surface area contributed by atoms with Gasteiger partial charge in [-0.15, -0.1) is 0 Å². The zero-order valence-electron chi connectivity index (χ0n) is 16.8. The topological polar surface area (TPSA) is 60.9 Å². The maximum absolute atomic E-state index is 13.1. The zero-order valence-corrected chi connectivity index (χ0v) is 17.6. The fourth-order valence-electron chi connectivity index (χ4n) is 4.20. The molecule has 2 aromatic rings. The largest absolute Gasteiger partial charge is 0.368 e. The van der Waals surface area contributed by atoms with Crippen LogP contribution in [-0.4, -0.2) is 62.8 Å². The molecule has 2 aromatic carbocycles.